The van der Waals surface area contributed by atoms with Crippen molar-refractivity contribution in [2.75, 3.05) is 14.2 Å². The molecule has 2 aromatic carbocycles. The topological polar surface area (TPSA) is 35.8 Å². The first kappa shape index (κ1) is 13.6. The molecule has 0 aliphatic carbocycles. The van der Waals surface area contributed by atoms with Crippen LogP contribution < -0.4 is 9.47 Å². The van der Waals surface area contributed by atoms with Crippen LogP contribution in [0.25, 0.3) is 27.8 Å². The Kier molecular flexibility index (Phi) is 3.15. The Labute approximate surface area is 133 Å². The summed E-state index contributed by atoms with van der Waals surface area (Å²) in [5.41, 5.74) is 5.04. The van der Waals surface area contributed by atoms with Crippen molar-refractivity contribution in [1.82, 2.24) is 9.38 Å². The first-order valence-electron chi connectivity index (χ1n) is 7.40. The van der Waals surface area contributed by atoms with E-state index in [0.29, 0.717) is 11.5 Å². The molecule has 0 aliphatic rings. The predicted octanol–water partition coefficient (Wildman–Crippen LogP) is 4.17. The van der Waals surface area contributed by atoms with Gasteiger partial charge in [0.15, 0.2) is 11.5 Å². The Morgan fingerprint density at radius 1 is 0.826 bits per heavy atom. The lowest BCUT2D eigenvalue weighted by Crippen LogP contribution is -1.96. The lowest BCUT2D eigenvalue weighted by Gasteiger charge is -2.12. The fraction of sp³-hybridized carbons (Fsp3) is 0.105. The van der Waals surface area contributed by atoms with Crippen LogP contribution in [0.4, 0.5) is 0 Å². The number of aromatic nitrogens is 2. The summed E-state index contributed by atoms with van der Waals surface area (Å²) < 4.78 is 12.9. The maximum absolute atomic E-state index is 5.42. The summed E-state index contributed by atoms with van der Waals surface area (Å²) in [5.74, 6) is 1.41. The zero-order chi connectivity index (χ0) is 15.8. The third-order valence-electron chi connectivity index (χ3n) is 4.02. The molecule has 4 aromatic rings. The molecule has 23 heavy (non-hydrogen) atoms. The number of hydrogen-bond donors (Lipinski definition) is 0. The quantitative estimate of drug-likeness (QED) is 0.570. The van der Waals surface area contributed by atoms with Crippen molar-refractivity contribution in [2.24, 2.45) is 0 Å². The van der Waals surface area contributed by atoms with Crippen molar-refractivity contribution in [3.05, 3.63) is 60.8 Å². The summed E-state index contributed by atoms with van der Waals surface area (Å²) in [6.45, 7) is 0. The maximum atomic E-state index is 5.42. The molecule has 0 amide bonds. The first-order valence-corrected chi connectivity index (χ1v) is 7.40. The lowest BCUT2D eigenvalue weighted by atomic mass is 10.1. The van der Waals surface area contributed by atoms with Crippen LogP contribution >= 0.6 is 0 Å². The minimum Gasteiger partial charge on any atom is -0.493 e. The van der Waals surface area contributed by atoms with E-state index >= 15 is 0 Å². The molecule has 0 atom stereocenters. The molecular formula is C19H16N2O2. The Bertz CT molecular complexity index is 1000. The number of methoxy groups -OCH3 is 2. The Morgan fingerprint density at radius 2 is 1.61 bits per heavy atom. The van der Waals surface area contributed by atoms with Gasteiger partial charge in [0.05, 0.1) is 36.5 Å². The molecule has 0 saturated heterocycles. The minimum atomic E-state index is 0.699. The standard InChI is InChI=1S/C19H16N2O2/c1-22-17-10-9-13(12-18(17)23-2)19-16-8-5-11-21(16)15-7-4-3-6-14(15)20-19/h3-12H,1-2H3. The molecule has 2 aromatic heterocycles. The maximum Gasteiger partial charge on any atom is 0.161 e. The predicted molar refractivity (Wildman–Crippen MR) is 91.2 cm³/mol. The molecule has 0 aliphatic heterocycles. The van der Waals surface area contributed by atoms with Gasteiger partial charge in [0, 0.05) is 11.8 Å². The first-order chi connectivity index (χ1) is 11.3. The van der Waals surface area contributed by atoms with Crippen molar-refractivity contribution in [3.8, 4) is 22.8 Å². The zero-order valence-electron chi connectivity index (χ0n) is 13.0. The molecule has 4 rings (SSSR count). The van der Waals surface area contributed by atoms with Gasteiger partial charge in [-0.15, -0.1) is 0 Å². The van der Waals surface area contributed by atoms with Crippen LogP contribution in [0.15, 0.2) is 60.8 Å². The number of hydrogen-bond acceptors (Lipinski definition) is 3. The van der Waals surface area contributed by atoms with Gasteiger partial charge in [-0.05, 0) is 42.5 Å². The number of nitrogens with zero attached hydrogens (tertiary/aromatic N) is 2. The van der Waals surface area contributed by atoms with E-state index in [1.54, 1.807) is 14.2 Å². The van der Waals surface area contributed by atoms with Crippen LogP contribution in [-0.4, -0.2) is 23.6 Å². The molecule has 0 N–H and O–H groups in total. The second-order valence-electron chi connectivity index (χ2n) is 5.28. The number of benzene rings is 2. The number of fused-ring (bicyclic) bond motifs is 3. The van der Waals surface area contributed by atoms with E-state index in [0.717, 1.165) is 27.8 Å². The monoisotopic (exact) mass is 304 g/mol. The molecule has 0 fully saturated rings. The average Bonchev–Trinajstić information content (AvgIpc) is 3.10. The highest BCUT2D eigenvalue weighted by Gasteiger charge is 2.12. The van der Waals surface area contributed by atoms with E-state index in [1.807, 2.05) is 42.5 Å². The van der Waals surface area contributed by atoms with E-state index in [1.165, 1.54) is 0 Å². The molecular weight excluding hydrogens is 288 g/mol. The van der Waals surface area contributed by atoms with Gasteiger partial charge in [-0.3, -0.25) is 0 Å². The molecule has 0 spiro atoms. The van der Waals surface area contributed by atoms with Crippen LogP contribution in [0.3, 0.4) is 0 Å². The molecule has 0 saturated carbocycles. The van der Waals surface area contributed by atoms with Crippen LogP contribution in [0.1, 0.15) is 0 Å². The largest absolute Gasteiger partial charge is 0.493 e. The minimum absolute atomic E-state index is 0.699. The van der Waals surface area contributed by atoms with Gasteiger partial charge in [0.25, 0.3) is 0 Å². The van der Waals surface area contributed by atoms with Crippen molar-refractivity contribution in [3.63, 3.8) is 0 Å². The third-order valence-corrected chi connectivity index (χ3v) is 4.02. The molecule has 2 heterocycles. The summed E-state index contributed by atoms with van der Waals surface area (Å²) in [5, 5.41) is 0. The van der Waals surface area contributed by atoms with Crippen LogP contribution in [-0.2, 0) is 0 Å². The molecule has 0 bridgehead atoms. The van der Waals surface area contributed by atoms with Crippen molar-refractivity contribution < 1.29 is 9.47 Å². The zero-order valence-corrected chi connectivity index (χ0v) is 13.0. The van der Waals surface area contributed by atoms with Crippen molar-refractivity contribution in [1.29, 1.82) is 0 Å². The van der Waals surface area contributed by atoms with Crippen LogP contribution in [0.2, 0.25) is 0 Å². The highest BCUT2D eigenvalue weighted by atomic mass is 16.5. The van der Waals surface area contributed by atoms with E-state index in [9.17, 15) is 0 Å². The molecule has 0 unspecified atom stereocenters. The SMILES string of the molecule is COc1ccc(-c2nc3ccccc3n3cccc23)cc1OC. The summed E-state index contributed by atoms with van der Waals surface area (Å²) >= 11 is 0. The smallest absolute Gasteiger partial charge is 0.161 e. The number of para-hydroxylation sites is 2. The van der Waals surface area contributed by atoms with Crippen LogP contribution in [0.5, 0.6) is 11.5 Å². The Morgan fingerprint density at radius 3 is 2.43 bits per heavy atom. The average molecular weight is 304 g/mol. The van der Waals surface area contributed by atoms with Gasteiger partial charge in [0.2, 0.25) is 0 Å². The fourth-order valence-electron chi connectivity index (χ4n) is 2.92. The summed E-state index contributed by atoms with van der Waals surface area (Å²) in [7, 11) is 3.28. The highest BCUT2D eigenvalue weighted by Crippen LogP contribution is 2.34. The normalized spacial score (nSPS) is 11.0. The summed E-state index contributed by atoms with van der Waals surface area (Å²) in [6.07, 6.45) is 2.06. The van der Waals surface area contributed by atoms with Gasteiger partial charge < -0.3 is 13.9 Å². The van der Waals surface area contributed by atoms with E-state index in [-0.39, 0.29) is 0 Å². The van der Waals surface area contributed by atoms with Crippen molar-refractivity contribution in [2.45, 2.75) is 0 Å². The number of rotatable bonds is 3. The second kappa shape index (κ2) is 5.32. The van der Waals surface area contributed by atoms with Gasteiger partial charge in [-0.2, -0.15) is 0 Å². The molecule has 4 nitrogen and oxygen atoms in total. The molecule has 114 valence electrons. The molecule has 4 heteroatoms. The lowest BCUT2D eigenvalue weighted by molar-refractivity contribution is 0.355. The van der Waals surface area contributed by atoms with E-state index < -0.39 is 0 Å². The second-order valence-corrected chi connectivity index (χ2v) is 5.28. The Hall–Kier alpha value is -3.01. The van der Waals surface area contributed by atoms with Crippen molar-refractivity contribution >= 4 is 16.6 Å². The third kappa shape index (κ3) is 2.11. The summed E-state index contributed by atoms with van der Waals surface area (Å²) in [6, 6.07) is 18.1. The van der Waals surface area contributed by atoms with Gasteiger partial charge in [-0.1, -0.05) is 12.1 Å². The van der Waals surface area contributed by atoms with E-state index in [2.05, 4.69) is 22.7 Å². The summed E-state index contributed by atoms with van der Waals surface area (Å²) in [4.78, 5) is 4.86. The van der Waals surface area contributed by atoms with Gasteiger partial charge in [0.1, 0.15) is 0 Å². The molecule has 0 radical (unpaired) electrons. The van der Waals surface area contributed by atoms with Gasteiger partial charge in [-0.25, -0.2) is 4.98 Å². The highest BCUT2D eigenvalue weighted by molar-refractivity contribution is 5.88. The number of ether oxygens (including phenoxy) is 2. The van der Waals surface area contributed by atoms with E-state index in [4.69, 9.17) is 14.5 Å². The fourth-order valence-corrected chi connectivity index (χ4v) is 2.92. The van der Waals surface area contributed by atoms with Gasteiger partial charge >= 0.3 is 0 Å². The van der Waals surface area contributed by atoms with Crippen LogP contribution in [0, 0.1) is 0 Å². The Balaban J connectivity index is 2.02.